The van der Waals surface area contributed by atoms with Gasteiger partial charge in [0.25, 0.3) is 0 Å². The maximum Gasteiger partial charge on any atom is 0.324 e. The van der Waals surface area contributed by atoms with Gasteiger partial charge in [0.05, 0.1) is 14.2 Å². The molecule has 1 aliphatic rings. The zero-order chi connectivity index (χ0) is 14.4. The number of anilines is 1. The molecule has 20 heavy (non-hydrogen) atoms. The zero-order valence-electron chi connectivity index (χ0n) is 12.4. The molecular weight excluding hydrogens is 258 g/mol. The molecule has 1 fully saturated rings. The molecule has 1 aromatic rings. The fourth-order valence-corrected chi connectivity index (χ4v) is 2.38. The van der Waals surface area contributed by atoms with Gasteiger partial charge in [-0.15, -0.1) is 4.98 Å². The molecule has 7 nitrogen and oxygen atoms in total. The Morgan fingerprint density at radius 1 is 1.10 bits per heavy atom. The molecule has 0 spiro atoms. The van der Waals surface area contributed by atoms with Gasteiger partial charge in [0, 0.05) is 19.1 Å². The molecule has 0 aliphatic carbocycles. The van der Waals surface area contributed by atoms with Gasteiger partial charge in [-0.3, -0.25) is 0 Å². The van der Waals surface area contributed by atoms with Crippen molar-refractivity contribution in [2.45, 2.75) is 32.2 Å². The standard InChI is InChI=1S/C13H23N5O2/c1-4-7-18-8-5-10(6-9-18)14-11-15-12(19-2)17-13(16-11)20-3/h10H,4-9H2,1-3H3,(H,14,15,16,17). The van der Waals surface area contributed by atoms with Crippen LogP contribution in [0.25, 0.3) is 0 Å². The monoisotopic (exact) mass is 281 g/mol. The lowest BCUT2D eigenvalue weighted by Gasteiger charge is -2.32. The Morgan fingerprint density at radius 3 is 2.20 bits per heavy atom. The van der Waals surface area contributed by atoms with Gasteiger partial charge in [0.2, 0.25) is 5.95 Å². The van der Waals surface area contributed by atoms with E-state index in [1.807, 2.05) is 0 Å². The Balaban J connectivity index is 1.93. The molecule has 0 amide bonds. The highest BCUT2D eigenvalue weighted by Gasteiger charge is 2.19. The lowest BCUT2D eigenvalue weighted by atomic mass is 10.1. The number of hydrogen-bond donors (Lipinski definition) is 1. The Bertz CT molecular complexity index is 399. The van der Waals surface area contributed by atoms with Crippen LogP contribution in [0, 0.1) is 0 Å². The Kier molecular flexibility index (Phi) is 5.34. The van der Waals surface area contributed by atoms with Gasteiger partial charge in [-0.05, 0) is 25.8 Å². The predicted molar refractivity (Wildman–Crippen MR) is 76.3 cm³/mol. The molecule has 1 aliphatic heterocycles. The summed E-state index contributed by atoms with van der Waals surface area (Å²) in [5.74, 6) is 0.516. The van der Waals surface area contributed by atoms with Crippen LogP contribution < -0.4 is 14.8 Å². The molecule has 0 saturated carbocycles. The van der Waals surface area contributed by atoms with Gasteiger partial charge in [0.15, 0.2) is 0 Å². The molecule has 0 unspecified atom stereocenters. The summed E-state index contributed by atoms with van der Waals surface area (Å²) in [7, 11) is 3.06. The first-order valence-corrected chi connectivity index (χ1v) is 7.08. The van der Waals surface area contributed by atoms with Crippen molar-refractivity contribution < 1.29 is 9.47 Å². The molecule has 0 atom stereocenters. The third kappa shape index (κ3) is 3.93. The van der Waals surface area contributed by atoms with Crippen LogP contribution in [0.2, 0.25) is 0 Å². The number of aromatic nitrogens is 3. The van der Waals surface area contributed by atoms with E-state index in [2.05, 4.69) is 32.1 Å². The van der Waals surface area contributed by atoms with Crippen molar-refractivity contribution in [3.05, 3.63) is 0 Å². The van der Waals surface area contributed by atoms with E-state index in [0.717, 1.165) is 25.9 Å². The number of likely N-dealkylation sites (tertiary alicyclic amines) is 1. The average Bonchev–Trinajstić information content (AvgIpc) is 2.49. The quantitative estimate of drug-likeness (QED) is 0.839. The number of nitrogens with one attached hydrogen (secondary N) is 1. The van der Waals surface area contributed by atoms with Crippen LogP contribution in [0.3, 0.4) is 0 Å². The second-order valence-electron chi connectivity index (χ2n) is 4.89. The first-order valence-electron chi connectivity index (χ1n) is 7.08. The summed E-state index contributed by atoms with van der Waals surface area (Å²) in [5.41, 5.74) is 0. The van der Waals surface area contributed by atoms with Crippen molar-refractivity contribution in [2.24, 2.45) is 0 Å². The molecule has 1 aromatic heterocycles. The van der Waals surface area contributed by atoms with Crippen molar-refractivity contribution in [3.8, 4) is 12.0 Å². The molecular formula is C13H23N5O2. The Morgan fingerprint density at radius 2 is 1.70 bits per heavy atom. The second-order valence-corrected chi connectivity index (χ2v) is 4.89. The molecule has 2 rings (SSSR count). The SMILES string of the molecule is CCCN1CCC(Nc2nc(OC)nc(OC)n2)CC1. The maximum atomic E-state index is 5.05. The van der Waals surface area contributed by atoms with E-state index >= 15 is 0 Å². The van der Waals surface area contributed by atoms with Crippen molar-refractivity contribution in [1.29, 1.82) is 0 Å². The van der Waals surface area contributed by atoms with Crippen molar-refractivity contribution in [3.63, 3.8) is 0 Å². The molecule has 1 N–H and O–H groups in total. The van der Waals surface area contributed by atoms with E-state index in [4.69, 9.17) is 9.47 Å². The number of ether oxygens (including phenoxy) is 2. The topological polar surface area (TPSA) is 72.4 Å². The zero-order valence-corrected chi connectivity index (χ0v) is 12.4. The molecule has 1 saturated heterocycles. The van der Waals surface area contributed by atoms with E-state index in [1.54, 1.807) is 0 Å². The summed E-state index contributed by atoms with van der Waals surface area (Å²) in [6.07, 6.45) is 3.40. The third-order valence-corrected chi connectivity index (χ3v) is 3.42. The summed E-state index contributed by atoms with van der Waals surface area (Å²) >= 11 is 0. The highest BCUT2D eigenvalue weighted by atomic mass is 16.5. The van der Waals surface area contributed by atoms with Crippen LogP contribution in [0.4, 0.5) is 5.95 Å². The van der Waals surface area contributed by atoms with Gasteiger partial charge in [-0.2, -0.15) is 9.97 Å². The first-order chi connectivity index (χ1) is 9.75. The van der Waals surface area contributed by atoms with E-state index < -0.39 is 0 Å². The highest BCUT2D eigenvalue weighted by Crippen LogP contribution is 2.17. The number of rotatable bonds is 6. The second kappa shape index (κ2) is 7.23. The summed E-state index contributed by atoms with van der Waals surface area (Å²) in [4.78, 5) is 14.9. The van der Waals surface area contributed by atoms with Crippen LogP contribution in [-0.2, 0) is 0 Å². The normalized spacial score (nSPS) is 16.9. The minimum atomic E-state index is 0.266. The summed E-state index contributed by atoms with van der Waals surface area (Å²) in [6.45, 7) is 5.63. The van der Waals surface area contributed by atoms with Gasteiger partial charge in [-0.1, -0.05) is 6.92 Å². The smallest absolute Gasteiger partial charge is 0.324 e. The molecule has 0 radical (unpaired) electrons. The van der Waals surface area contributed by atoms with E-state index in [-0.39, 0.29) is 12.0 Å². The lowest BCUT2D eigenvalue weighted by molar-refractivity contribution is 0.219. The summed E-state index contributed by atoms with van der Waals surface area (Å²) in [5, 5.41) is 3.34. The molecule has 2 heterocycles. The van der Waals surface area contributed by atoms with Crippen LogP contribution in [0.15, 0.2) is 0 Å². The number of hydrogen-bond acceptors (Lipinski definition) is 7. The van der Waals surface area contributed by atoms with Crippen molar-refractivity contribution in [2.75, 3.05) is 39.2 Å². The van der Waals surface area contributed by atoms with E-state index in [0.29, 0.717) is 12.0 Å². The molecule has 7 heteroatoms. The molecule has 112 valence electrons. The van der Waals surface area contributed by atoms with E-state index in [1.165, 1.54) is 27.2 Å². The van der Waals surface area contributed by atoms with Crippen LogP contribution in [0.5, 0.6) is 12.0 Å². The number of piperidine rings is 1. The lowest BCUT2D eigenvalue weighted by Crippen LogP contribution is -2.39. The fraction of sp³-hybridized carbons (Fsp3) is 0.769. The molecule has 0 aromatic carbocycles. The van der Waals surface area contributed by atoms with Crippen LogP contribution >= 0.6 is 0 Å². The van der Waals surface area contributed by atoms with Crippen LogP contribution in [0.1, 0.15) is 26.2 Å². The van der Waals surface area contributed by atoms with Crippen LogP contribution in [-0.4, -0.2) is 59.7 Å². The first kappa shape index (κ1) is 14.8. The van der Waals surface area contributed by atoms with Gasteiger partial charge < -0.3 is 19.7 Å². The van der Waals surface area contributed by atoms with Gasteiger partial charge in [0.1, 0.15) is 0 Å². The number of methoxy groups -OCH3 is 2. The highest BCUT2D eigenvalue weighted by molar-refractivity contribution is 5.29. The average molecular weight is 281 g/mol. The largest absolute Gasteiger partial charge is 0.467 e. The van der Waals surface area contributed by atoms with Crippen molar-refractivity contribution in [1.82, 2.24) is 19.9 Å². The Hall–Kier alpha value is -1.63. The van der Waals surface area contributed by atoms with Crippen molar-refractivity contribution >= 4 is 5.95 Å². The predicted octanol–water partition coefficient (Wildman–Crippen LogP) is 1.18. The van der Waals surface area contributed by atoms with Gasteiger partial charge in [-0.25, -0.2) is 0 Å². The Labute approximate surface area is 119 Å². The summed E-state index contributed by atoms with van der Waals surface area (Å²) in [6, 6.07) is 0.922. The third-order valence-electron chi connectivity index (χ3n) is 3.42. The minimum absolute atomic E-state index is 0.266. The minimum Gasteiger partial charge on any atom is -0.467 e. The molecule has 0 bridgehead atoms. The van der Waals surface area contributed by atoms with Gasteiger partial charge >= 0.3 is 12.0 Å². The summed E-state index contributed by atoms with van der Waals surface area (Å²) < 4.78 is 10.1. The maximum absolute atomic E-state index is 5.05. The fourth-order valence-electron chi connectivity index (χ4n) is 2.38. The number of nitrogens with zero attached hydrogens (tertiary/aromatic N) is 4. The van der Waals surface area contributed by atoms with E-state index in [9.17, 15) is 0 Å².